The zero-order chi connectivity index (χ0) is 14.4. The van der Waals surface area contributed by atoms with Gasteiger partial charge in [0.2, 0.25) is 5.72 Å². The van der Waals surface area contributed by atoms with Crippen molar-refractivity contribution in [2.24, 2.45) is 4.99 Å². The molecule has 0 saturated heterocycles. The molecule has 5 heteroatoms. The average molecular weight is 301 g/mol. The summed E-state index contributed by atoms with van der Waals surface area (Å²) in [7, 11) is 0. The number of hydrogen-bond acceptors (Lipinski definition) is 4. The van der Waals surface area contributed by atoms with E-state index < -0.39 is 5.72 Å². The standard InChI is InChI=1S/C16H13ClN2O2/c17-14-8-4-3-7-13(14)16(21-20)12-6-2-1-5-11(12)15-18-9-10-19(15)16/h1-8,20H,9-10H2. The molecule has 2 aliphatic rings. The van der Waals surface area contributed by atoms with E-state index in [1.54, 1.807) is 6.07 Å². The third kappa shape index (κ3) is 1.55. The number of nitrogens with zero attached hydrogens (tertiary/aromatic N) is 2. The zero-order valence-corrected chi connectivity index (χ0v) is 11.9. The van der Waals surface area contributed by atoms with Gasteiger partial charge >= 0.3 is 0 Å². The van der Waals surface area contributed by atoms with E-state index in [2.05, 4.69) is 4.99 Å². The second kappa shape index (κ2) is 4.56. The van der Waals surface area contributed by atoms with Crippen molar-refractivity contribution in [3.63, 3.8) is 0 Å². The molecule has 21 heavy (non-hydrogen) atoms. The third-order valence-corrected chi connectivity index (χ3v) is 4.45. The van der Waals surface area contributed by atoms with Crippen molar-refractivity contribution in [1.82, 2.24) is 4.90 Å². The molecule has 0 spiro atoms. The number of halogens is 1. The summed E-state index contributed by atoms with van der Waals surface area (Å²) in [5.74, 6) is 0.847. The molecule has 2 aromatic rings. The summed E-state index contributed by atoms with van der Waals surface area (Å²) in [5, 5.41) is 10.4. The quantitative estimate of drug-likeness (QED) is 0.685. The Morgan fingerprint density at radius 1 is 1.10 bits per heavy atom. The molecule has 1 N–H and O–H groups in total. The molecule has 4 nitrogen and oxygen atoms in total. The minimum atomic E-state index is -1.12. The number of amidine groups is 1. The number of aliphatic imine (C=N–C) groups is 1. The van der Waals surface area contributed by atoms with Gasteiger partial charge in [0.15, 0.2) is 0 Å². The lowest BCUT2D eigenvalue weighted by molar-refractivity contribution is -0.344. The molecule has 0 fully saturated rings. The molecular weight excluding hydrogens is 288 g/mol. The Labute approximate surface area is 127 Å². The minimum absolute atomic E-state index is 0.550. The summed E-state index contributed by atoms with van der Waals surface area (Å²) in [6, 6.07) is 15.2. The topological polar surface area (TPSA) is 45.1 Å². The van der Waals surface area contributed by atoms with Crippen molar-refractivity contribution >= 4 is 17.4 Å². The first kappa shape index (κ1) is 12.8. The molecule has 1 unspecified atom stereocenters. The Kier molecular flexibility index (Phi) is 2.79. The highest BCUT2D eigenvalue weighted by atomic mass is 35.5. The Bertz CT molecular complexity index is 747. The first-order valence-corrected chi connectivity index (χ1v) is 7.16. The monoisotopic (exact) mass is 300 g/mol. The van der Waals surface area contributed by atoms with Gasteiger partial charge in [-0.25, -0.2) is 10.1 Å². The van der Waals surface area contributed by atoms with E-state index in [1.807, 2.05) is 47.4 Å². The van der Waals surface area contributed by atoms with Crippen molar-refractivity contribution < 1.29 is 10.1 Å². The van der Waals surface area contributed by atoms with Crippen LogP contribution in [0.2, 0.25) is 5.02 Å². The van der Waals surface area contributed by atoms with Gasteiger partial charge in [-0.05, 0) is 6.07 Å². The second-order valence-corrected chi connectivity index (χ2v) is 5.52. The Morgan fingerprint density at radius 2 is 1.81 bits per heavy atom. The van der Waals surface area contributed by atoms with Crippen LogP contribution in [0, 0.1) is 0 Å². The average Bonchev–Trinajstić information content (AvgIpc) is 3.09. The molecule has 0 radical (unpaired) electrons. The molecule has 106 valence electrons. The molecule has 0 saturated carbocycles. The van der Waals surface area contributed by atoms with Crippen LogP contribution in [0.25, 0.3) is 0 Å². The van der Waals surface area contributed by atoms with Crippen LogP contribution in [-0.2, 0) is 10.6 Å². The largest absolute Gasteiger partial charge is 0.316 e. The van der Waals surface area contributed by atoms with E-state index >= 15 is 0 Å². The number of benzene rings is 2. The molecule has 0 aliphatic carbocycles. The normalized spacial score (nSPS) is 23.0. The van der Waals surface area contributed by atoms with Gasteiger partial charge in [-0.15, -0.1) is 0 Å². The van der Waals surface area contributed by atoms with Crippen molar-refractivity contribution in [2.75, 3.05) is 13.1 Å². The lowest BCUT2D eigenvalue weighted by atomic mass is 9.93. The lowest BCUT2D eigenvalue weighted by Gasteiger charge is -2.36. The number of rotatable bonds is 2. The highest BCUT2D eigenvalue weighted by Gasteiger charge is 2.53. The highest BCUT2D eigenvalue weighted by Crippen LogP contribution is 2.47. The van der Waals surface area contributed by atoms with E-state index in [9.17, 15) is 5.26 Å². The summed E-state index contributed by atoms with van der Waals surface area (Å²) in [6.45, 7) is 1.36. The SMILES string of the molecule is OOC1(c2ccccc2Cl)c2ccccc2C2=NCCN21. The van der Waals surface area contributed by atoms with E-state index in [4.69, 9.17) is 16.5 Å². The Morgan fingerprint density at radius 3 is 2.57 bits per heavy atom. The third-order valence-electron chi connectivity index (χ3n) is 4.13. The molecule has 0 amide bonds. The fourth-order valence-electron chi connectivity index (χ4n) is 3.28. The molecule has 2 aromatic carbocycles. The van der Waals surface area contributed by atoms with Gasteiger partial charge in [0.05, 0.1) is 6.54 Å². The van der Waals surface area contributed by atoms with Crippen molar-refractivity contribution in [2.45, 2.75) is 5.72 Å². The van der Waals surface area contributed by atoms with E-state index in [-0.39, 0.29) is 0 Å². The molecule has 1 atom stereocenters. The van der Waals surface area contributed by atoms with E-state index in [0.29, 0.717) is 23.7 Å². The van der Waals surface area contributed by atoms with Gasteiger partial charge in [-0.1, -0.05) is 54.1 Å². The molecule has 0 bridgehead atoms. The van der Waals surface area contributed by atoms with Gasteiger partial charge in [-0.2, -0.15) is 0 Å². The maximum absolute atomic E-state index is 9.83. The summed E-state index contributed by atoms with van der Waals surface area (Å²) >= 11 is 6.37. The molecule has 2 aliphatic heterocycles. The van der Waals surface area contributed by atoms with Crippen LogP contribution in [-0.4, -0.2) is 29.1 Å². The predicted molar refractivity (Wildman–Crippen MR) is 80.5 cm³/mol. The van der Waals surface area contributed by atoms with Gasteiger partial charge in [0, 0.05) is 28.3 Å². The lowest BCUT2D eigenvalue weighted by Crippen LogP contribution is -2.45. The Hall–Kier alpha value is -1.88. The van der Waals surface area contributed by atoms with Crippen LogP contribution in [0.5, 0.6) is 0 Å². The van der Waals surface area contributed by atoms with Crippen LogP contribution in [0.15, 0.2) is 53.5 Å². The van der Waals surface area contributed by atoms with Gasteiger partial charge in [-0.3, -0.25) is 4.99 Å². The summed E-state index contributed by atoms with van der Waals surface area (Å²) < 4.78 is 0. The van der Waals surface area contributed by atoms with E-state index in [1.165, 1.54) is 0 Å². The Balaban J connectivity index is 2.05. The maximum atomic E-state index is 9.83. The molecular formula is C16H13ClN2O2. The summed E-state index contributed by atoms with van der Waals surface area (Å²) in [6.07, 6.45) is 0. The van der Waals surface area contributed by atoms with Gasteiger partial charge < -0.3 is 4.90 Å². The first-order chi connectivity index (χ1) is 10.3. The zero-order valence-electron chi connectivity index (χ0n) is 11.2. The van der Waals surface area contributed by atoms with Crippen LogP contribution in [0.3, 0.4) is 0 Å². The fraction of sp³-hybridized carbons (Fsp3) is 0.188. The first-order valence-electron chi connectivity index (χ1n) is 6.78. The van der Waals surface area contributed by atoms with Gasteiger partial charge in [0.25, 0.3) is 0 Å². The molecule has 4 rings (SSSR count). The van der Waals surface area contributed by atoms with Crippen molar-refractivity contribution in [3.05, 3.63) is 70.2 Å². The maximum Gasteiger partial charge on any atom is 0.230 e. The second-order valence-electron chi connectivity index (χ2n) is 5.12. The van der Waals surface area contributed by atoms with Crippen LogP contribution in [0.4, 0.5) is 0 Å². The van der Waals surface area contributed by atoms with Crippen LogP contribution < -0.4 is 0 Å². The summed E-state index contributed by atoms with van der Waals surface area (Å²) in [5.41, 5.74) is 1.43. The van der Waals surface area contributed by atoms with Crippen LogP contribution >= 0.6 is 11.6 Å². The fourth-order valence-corrected chi connectivity index (χ4v) is 3.54. The number of fused-ring (bicyclic) bond motifs is 3. The highest BCUT2D eigenvalue weighted by molar-refractivity contribution is 6.31. The van der Waals surface area contributed by atoms with E-state index in [0.717, 1.165) is 17.0 Å². The predicted octanol–water partition coefficient (Wildman–Crippen LogP) is 3.11. The smallest absolute Gasteiger partial charge is 0.230 e. The van der Waals surface area contributed by atoms with Crippen molar-refractivity contribution in [3.8, 4) is 0 Å². The number of hydrogen-bond donors (Lipinski definition) is 1. The van der Waals surface area contributed by atoms with Crippen LogP contribution in [0.1, 0.15) is 16.7 Å². The molecule has 0 aromatic heterocycles. The van der Waals surface area contributed by atoms with Gasteiger partial charge in [0.1, 0.15) is 5.84 Å². The van der Waals surface area contributed by atoms with Crippen molar-refractivity contribution in [1.29, 1.82) is 0 Å². The molecule has 2 heterocycles. The summed E-state index contributed by atoms with van der Waals surface area (Å²) in [4.78, 5) is 11.6. The minimum Gasteiger partial charge on any atom is -0.316 e.